The van der Waals surface area contributed by atoms with Crippen LogP contribution in [0.3, 0.4) is 0 Å². The van der Waals surface area contributed by atoms with Gasteiger partial charge in [-0.25, -0.2) is 9.07 Å². The zero-order valence-electron chi connectivity index (χ0n) is 13.3. The summed E-state index contributed by atoms with van der Waals surface area (Å²) in [5.74, 6) is -0.241. The molecule has 0 unspecified atom stereocenters. The van der Waals surface area contributed by atoms with Gasteiger partial charge in [-0.3, -0.25) is 9.69 Å². The highest BCUT2D eigenvalue weighted by Gasteiger charge is 2.26. The fraction of sp³-hybridized carbons (Fsp3) is 0.167. The summed E-state index contributed by atoms with van der Waals surface area (Å²) in [6.07, 6.45) is 1.80. The molecule has 0 radical (unpaired) electrons. The number of anilines is 1. The molecule has 2 aromatic carbocycles. The second-order valence-electron chi connectivity index (χ2n) is 5.77. The van der Waals surface area contributed by atoms with Crippen molar-refractivity contribution in [2.75, 3.05) is 11.5 Å². The van der Waals surface area contributed by atoms with Gasteiger partial charge in [0, 0.05) is 6.07 Å². The number of halogens is 1. The number of carbonyl (C=O) groups is 1. The largest absolute Gasteiger partial charge is 0.481 e. The minimum Gasteiger partial charge on any atom is -0.481 e. The molecule has 25 heavy (non-hydrogen) atoms. The van der Waals surface area contributed by atoms with Crippen molar-refractivity contribution in [2.45, 2.75) is 13.1 Å². The summed E-state index contributed by atoms with van der Waals surface area (Å²) < 4.78 is 20.4. The lowest BCUT2D eigenvalue weighted by atomic mass is 10.2. The third kappa shape index (κ3) is 3.21. The van der Waals surface area contributed by atoms with E-state index in [0.29, 0.717) is 23.7 Å². The van der Waals surface area contributed by atoms with E-state index in [0.717, 1.165) is 5.56 Å². The first-order valence-corrected chi connectivity index (χ1v) is 7.85. The van der Waals surface area contributed by atoms with E-state index in [1.807, 2.05) is 30.3 Å². The number of fused-ring (bicyclic) bond motifs is 1. The van der Waals surface area contributed by atoms with Gasteiger partial charge in [-0.05, 0) is 17.7 Å². The van der Waals surface area contributed by atoms with Crippen LogP contribution in [0.2, 0.25) is 0 Å². The average Bonchev–Trinajstić information content (AvgIpc) is 3.05. The van der Waals surface area contributed by atoms with Crippen molar-refractivity contribution < 1.29 is 13.9 Å². The first-order chi connectivity index (χ1) is 12.2. The highest BCUT2D eigenvalue weighted by molar-refractivity contribution is 5.97. The summed E-state index contributed by atoms with van der Waals surface area (Å²) in [7, 11) is 0. The highest BCUT2D eigenvalue weighted by Crippen LogP contribution is 2.33. The van der Waals surface area contributed by atoms with Crippen molar-refractivity contribution in [2.24, 2.45) is 0 Å². The van der Waals surface area contributed by atoms with E-state index in [1.165, 1.54) is 23.1 Å². The van der Waals surface area contributed by atoms with Gasteiger partial charge < -0.3 is 4.74 Å². The number of benzene rings is 2. The van der Waals surface area contributed by atoms with Crippen LogP contribution in [0.1, 0.15) is 11.3 Å². The molecule has 1 amide bonds. The van der Waals surface area contributed by atoms with E-state index in [1.54, 1.807) is 10.9 Å². The van der Waals surface area contributed by atoms with Crippen LogP contribution < -0.4 is 9.64 Å². The Kier molecular flexibility index (Phi) is 3.89. The smallest absolute Gasteiger partial charge is 0.265 e. The number of rotatable bonds is 4. The summed E-state index contributed by atoms with van der Waals surface area (Å²) >= 11 is 0. The summed E-state index contributed by atoms with van der Waals surface area (Å²) in [5, 5.41) is 8.25. The predicted molar refractivity (Wildman–Crippen MR) is 88.7 cm³/mol. The van der Waals surface area contributed by atoms with Crippen LogP contribution in [0.5, 0.6) is 5.75 Å². The number of ether oxygens (including phenoxy) is 1. The lowest BCUT2D eigenvalue weighted by molar-refractivity contribution is -0.121. The van der Waals surface area contributed by atoms with E-state index in [2.05, 4.69) is 10.3 Å². The molecule has 0 aliphatic carbocycles. The molecule has 0 spiro atoms. The Bertz CT molecular complexity index is 910. The Morgan fingerprint density at radius 1 is 1.12 bits per heavy atom. The van der Waals surface area contributed by atoms with Crippen molar-refractivity contribution >= 4 is 11.6 Å². The number of hydrogen-bond donors (Lipinski definition) is 0. The van der Waals surface area contributed by atoms with Crippen LogP contribution in [-0.2, 0) is 17.9 Å². The SMILES string of the molecule is O=C1COc2cc(F)ccc2N1Cc1cn(Cc2ccccc2)nn1. The van der Waals surface area contributed by atoms with Crippen LogP contribution in [0.4, 0.5) is 10.1 Å². The van der Waals surface area contributed by atoms with Crippen LogP contribution in [0.25, 0.3) is 0 Å². The molecule has 2 heterocycles. The number of hydrogen-bond acceptors (Lipinski definition) is 4. The molecule has 0 saturated carbocycles. The lowest BCUT2D eigenvalue weighted by Crippen LogP contribution is -2.38. The van der Waals surface area contributed by atoms with Crippen molar-refractivity contribution in [1.29, 1.82) is 0 Å². The number of nitrogens with zero attached hydrogens (tertiary/aromatic N) is 4. The Labute approximate surface area is 143 Å². The standard InChI is InChI=1S/C18H15FN4O2/c19-14-6-7-16-17(8-14)25-12-18(24)23(16)11-15-10-22(21-20-15)9-13-4-2-1-3-5-13/h1-8,10H,9,11-12H2. The number of aromatic nitrogens is 3. The molecule has 0 saturated heterocycles. The fourth-order valence-electron chi connectivity index (χ4n) is 2.77. The van der Waals surface area contributed by atoms with Crippen LogP contribution in [-0.4, -0.2) is 27.5 Å². The normalized spacial score (nSPS) is 13.5. The Hall–Kier alpha value is -3.22. The van der Waals surface area contributed by atoms with E-state index < -0.39 is 5.82 Å². The van der Waals surface area contributed by atoms with E-state index in [9.17, 15) is 9.18 Å². The van der Waals surface area contributed by atoms with Crippen molar-refractivity contribution in [3.05, 3.63) is 71.8 Å². The highest BCUT2D eigenvalue weighted by atomic mass is 19.1. The second kappa shape index (κ2) is 6.35. The van der Waals surface area contributed by atoms with Gasteiger partial charge in [0.15, 0.2) is 6.61 Å². The van der Waals surface area contributed by atoms with Gasteiger partial charge in [-0.15, -0.1) is 5.10 Å². The molecule has 1 aliphatic rings. The van der Waals surface area contributed by atoms with E-state index in [4.69, 9.17) is 4.74 Å². The minimum absolute atomic E-state index is 0.116. The topological polar surface area (TPSA) is 60.2 Å². The van der Waals surface area contributed by atoms with E-state index >= 15 is 0 Å². The molecule has 0 N–H and O–H groups in total. The number of carbonyl (C=O) groups excluding carboxylic acids is 1. The summed E-state index contributed by atoms with van der Waals surface area (Å²) in [6.45, 7) is 0.747. The van der Waals surface area contributed by atoms with Gasteiger partial charge in [-0.2, -0.15) is 0 Å². The lowest BCUT2D eigenvalue weighted by Gasteiger charge is -2.28. The Balaban J connectivity index is 1.54. The molecular formula is C18H15FN4O2. The molecule has 0 fully saturated rings. The van der Waals surface area contributed by atoms with Gasteiger partial charge in [0.25, 0.3) is 5.91 Å². The molecule has 1 aliphatic heterocycles. The quantitative estimate of drug-likeness (QED) is 0.733. The maximum atomic E-state index is 13.3. The van der Waals surface area contributed by atoms with Crippen LogP contribution in [0, 0.1) is 5.82 Å². The van der Waals surface area contributed by atoms with Gasteiger partial charge in [0.1, 0.15) is 17.3 Å². The predicted octanol–water partition coefficient (Wildman–Crippen LogP) is 2.39. The molecule has 126 valence electrons. The van der Waals surface area contributed by atoms with Crippen molar-refractivity contribution in [3.63, 3.8) is 0 Å². The monoisotopic (exact) mass is 338 g/mol. The van der Waals surface area contributed by atoms with Gasteiger partial charge in [-0.1, -0.05) is 35.5 Å². The second-order valence-corrected chi connectivity index (χ2v) is 5.77. The minimum atomic E-state index is -0.401. The average molecular weight is 338 g/mol. The maximum absolute atomic E-state index is 13.3. The first kappa shape index (κ1) is 15.3. The molecule has 7 heteroatoms. The fourth-order valence-corrected chi connectivity index (χ4v) is 2.77. The third-order valence-electron chi connectivity index (χ3n) is 3.96. The molecule has 3 aromatic rings. The summed E-state index contributed by atoms with van der Waals surface area (Å²) in [4.78, 5) is 13.7. The number of amides is 1. The zero-order chi connectivity index (χ0) is 17.2. The summed E-state index contributed by atoms with van der Waals surface area (Å²) in [6, 6.07) is 14.0. The van der Waals surface area contributed by atoms with Crippen LogP contribution >= 0.6 is 0 Å². The van der Waals surface area contributed by atoms with E-state index in [-0.39, 0.29) is 19.1 Å². The summed E-state index contributed by atoms with van der Waals surface area (Å²) in [5.41, 5.74) is 2.30. The third-order valence-corrected chi connectivity index (χ3v) is 3.96. The van der Waals surface area contributed by atoms with Crippen molar-refractivity contribution in [3.8, 4) is 5.75 Å². The van der Waals surface area contributed by atoms with Crippen LogP contribution in [0.15, 0.2) is 54.7 Å². The molecule has 6 nitrogen and oxygen atoms in total. The van der Waals surface area contributed by atoms with Crippen molar-refractivity contribution in [1.82, 2.24) is 15.0 Å². The first-order valence-electron chi connectivity index (χ1n) is 7.85. The van der Waals surface area contributed by atoms with Gasteiger partial charge >= 0.3 is 0 Å². The zero-order valence-corrected chi connectivity index (χ0v) is 13.3. The molecule has 4 rings (SSSR count). The maximum Gasteiger partial charge on any atom is 0.265 e. The van der Waals surface area contributed by atoms with Gasteiger partial charge in [0.05, 0.1) is 25.0 Å². The molecule has 0 atom stereocenters. The Morgan fingerprint density at radius 2 is 1.96 bits per heavy atom. The van der Waals surface area contributed by atoms with Gasteiger partial charge in [0.2, 0.25) is 0 Å². The molecule has 1 aromatic heterocycles. The molecular weight excluding hydrogens is 323 g/mol. The molecule has 0 bridgehead atoms. The Morgan fingerprint density at radius 3 is 2.80 bits per heavy atom.